The highest BCUT2D eigenvalue weighted by Crippen LogP contribution is 2.69. The maximum absolute atomic E-state index is 10.2. The van der Waals surface area contributed by atoms with Crippen molar-refractivity contribution < 1.29 is 14.6 Å². The quantitative estimate of drug-likeness (QED) is 0.724. The summed E-state index contributed by atoms with van der Waals surface area (Å²) < 4.78 is 12.5. The molecule has 24 heavy (non-hydrogen) atoms. The Morgan fingerprint density at radius 3 is 2.38 bits per heavy atom. The summed E-state index contributed by atoms with van der Waals surface area (Å²) in [5, 5.41) is 10.2. The number of fused-ring (bicyclic) bond motifs is 6. The summed E-state index contributed by atoms with van der Waals surface area (Å²) in [4.78, 5) is 0. The van der Waals surface area contributed by atoms with Crippen LogP contribution in [0.25, 0.3) is 0 Å². The highest BCUT2D eigenvalue weighted by atomic mass is 16.7. The third-order valence-electron chi connectivity index (χ3n) is 9.44. The first-order valence-electron chi connectivity index (χ1n) is 10.4. The largest absolute Gasteiger partial charge is 0.393 e. The summed E-state index contributed by atoms with van der Waals surface area (Å²) in [5.74, 6) is 2.98. The molecule has 5 rings (SSSR count). The van der Waals surface area contributed by atoms with Crippen molar-refractivity contribution in [3.8, 4) is 0 Å². The second kappa shape index (κ2) is 5.20. The minimum absolute atomic E-state index is 0.0384. The average molecular weight is 335 g/mol. The Labute approximate surface area is 146 Å². The Bertz CT molecular complexity index is 513. The topological polar surface area (TPSA) is 38.7 Å². The first-order valence-corrected chi connectivity index (χ1v) is 10.4. The molecule has 136 valence electrons. The Morgan fingerprint density at radius 2 is 1.58 bits per heavy atom. The first-order chi connectivity index (χ1) is 11.5. The predicted octanol–water partition coefficient (Wildman–Crippen LogP) is 4.13. The normalized spacial score (nSPS) is 55.9. The molecule has 0 amide bonds. The highest BCUT2D eigenvalue weighted by Gasteiger charge is 2.67. The molecule has 0 aromatic heterocycles. The molecule has 7 atom stereocenters. The van der Waals surface area contributed by atoms with Crippen LogP contribution in [0.1, 0.15) is 71.6 Å². The molecule has 3 heteroatoms. The van der Waals surface area contributed by atoms with Crippen molar-refractivity contribution in [2.24, 2.45) is 34.5 Å². The highest BCUT2D eigenvalue weighted by molar-refractivity contribution is 5.12. The molecule has 1 spiro atoms. The van der Waals surface area contributed by atoms with E-state index < -0.39 is 0 Å². The van der Waals surface area contributed by atoms with Gasteiger partial charge in [-0.25, -0.2) is 0 Å². The van der Waals surface area contributed by atoms with E-state index in [1.165, 1.54) is 38.5 Å². The van der Waals surface area contributed by atoms with Gasteiger partial charge in [0.25, 0.3) is 0 Å². The molecule has 4 aliphatic carbocycles. The maximum Gasteiger partial charge on any atom is 0.174 e. The molecule has 0 unspecified atom stereocenters. The molecule has 1 aliphatic heterocycles. The van der Waals surface area contributed by atoms with E-state index in [1.54, 1.807) is 0 Å². The summed E-state index contributed by atoms with van der Waals surface area (Å²) in [5.41, 5.74) is 0.693. The van der Waals surface area contributed by atoms with Crippen LogP contribution in [0.4, 0.5) is 0 Å². The Morgan fingerprint density at radius 1 is 0.833 bits per heavy atom. The Hall–Kier alpha value is -0.120. The minimum atomic E-state index is -0.261. The molecule has 4 saturated carbocycles. The summed E-state index contributed by atoms with van der Waals surface area (Å²) in [6.07, 6.45) is 11.0. The van der Waals surface area contributed by atoms with Crippen LogP contribution in [-0.2, 0) is 9.47 Å². The van der Waals surface area contributed by atoms with E-state index in [9.17, 15) is 5.11 Å². The molecule has 5 aliphatic rings. The lowest BCUT2D eigenvalue weighted by atomic mass is 9.45. The smallest absolute Gasteiger partial charge is 0.174 e. The molecule has 0 aromatic rings. The second-order valence-corrected chi connectivity index (χ2v) is 10.0. The van der Waals surface area contributed by atoms with Gasteiger partial charge in [-0.05, 0) is 80.5 Å². The fourth-order valence-corrected chi connectivity index (χ4v) is 8.12. The fraction of sp³-hybridized carbons (Fsp3) is 1.00. The Kier molecular flexibility index (Phi) is 3.49. The van der Waals surface area contributed by atoms with Gasteiger partial charge < -0.3 is 14.6 Å². The van der Waals surface area contributed by atoms with Crippen molar-refractivity contribution in [2.45, 2.75) is 83.5 Å². The van der Waals surface area contributed by atoms with Gasteiger partial charge >= 0.3 is 0 Å². The van der Waals surface area contributed by atoms with Crippen molar-refractivity contribution in [3.63, 3.8) is 0 Å². The van der Waals surface area contributed by atoms with Gasteiger partial charge in [-0.3, -0.25) is 0 Å². The molecule has 1 N–H and O–H groups in total. The molecule has 0 bridgehead atoms. The molecular formula is C21H34O3. The maximum atomic E-state index is 10.2. The van der Waals surface area contributed by atoms with Gasteiger partial charge in [0.15, 0.2) is 5.79 Å². The zero-order valence-corrected chi connectivity index (χ0v) is 15.4. The van der Waals surface area contributed by atoms with Gasteiger partial charge in [-0.15, -0.1) is 0 Å². The molecule has 0 radical (unpaired) electrons. The summed E-state index contributed by atoms with van der Waals surface area (Å²) in [6.45, 7) is 6.61. The minimum Gasteiger partial charge on any atom is -0.393 e. The number of hydrogen-bond acceptors (Lipinski definition) is 3. The zero-order chi connectivity index (χ0) is 16.6. The summed E-state index contributed by atoms with van der Waals surface area (Å²) in [6, 6.07) is 0. The molecule has 0 aromatic carbocycles. The Balaban J connectivity index is 1.45. The lowest BCUT2D eigenvalue weighted by Crippen LogP contribution is -2.57. The number of hydrogen-bond donors (Lipinski definition) is 1. The third kappa shape index (κ3) is 1.90. The molecule has 1 saturated heterocycles. The average Bonchev–Trinajstić information content (AvgIpc) is 3.15. The molecular weight excluding hydrogens is 300 g/mol. The van der Waals surface area contributed by atoms with Crippen LogP contribution in [0.3, 0.4) is 0 Å². The lowest BCUT2D eigenvalue weighted by Gasteiger charge is -2.61. The van der Waals surface area contributed by atoms with Crippen LogP contribution in [0.5, 0.6) is 0 Å². The second-order valence-electron chi connectivity index (χ2n) is 10.0. The number of rotatable bonds is 0. The number of ether oxygens (including phenoxy) is 2. The van der Waals surface area contributed by atoms with E-state index >= 15 is 0 Å². The van der Waals surface area contributed by atoms with Crippen molar-refractivity contribution in [2.75, 3.05) is 13.2 Å². The predicted molar refractivity (Wildman–Crippen MR) is 92.4 cm³/mol. The van der Waals surface area contributed by atoms with Crippen molar-refractivity contribution in [3.05, 3.63) is 0 Å². The van der Waals surface area contributed by atoms with Gasteiger partial charge in [0.1, 0.15) is 0 Å². The number of aliphatic hydroxyl groups is 1. The van der Waals surface area contributed by atoms with E-state index in [2.05, 4.69) is 13.8 Å². The van der Waals surface area contributed by atoms with Crippen LogP contribution in [0.15, 0.2) is 0 Å². The van der Waals surface area contributed by atoms with Crippen LogP contribution < -0.4 is 0 Å². The van der Waals surface area contributed by atoms with Crippen molar-refractivity contribution >= 4 is 0 Å². The lowest BCUT2D eigenvalue weighted by molar-refractivity contribution is -0.247. The van der Waals surface area contributed by atoms with Crippen LogP contribution >= 0.6 is 0 Å². The van der Waals surface area contributed by atoms with Gasteiger partial charge in [0.2, 0.25) is 0 Å². The van der Waals surface area contributed by atoms with E-state index in [0.717, 1.165) is 56.1 Å². The van der Waals surface area contributed by atoms with Crippen LogP contribution in [0.2, 0.25) is 0 Å². The molecule has 5 fully saturated rings. The van der Waals surface area contributed by atoms with Gasteiger partial charge in [-0.2, -0.15) is 0 Å². The van der Waals surface area contributed by atoms with E-state index in [0.29, 0.717) is 5.41 Å². The van der Waals surface area contributed by atoms with Crippen LogP contribution in [0, 0.1) is 34.5 Å². The van der Waals surface area contributed by atoms with Gasteiger partial charge in [0, 0.05) is 11.8 Å². The zero-order valence-electron chi connectivity index (χ0n) is 15.4. The van der Waals surface area contributed by atoms with Crippen molar-refractivity contribution in [1.82, 2.24) is 0 Å². The van der Waals surface area contributed by atoms with Crippen LogP contribution in [-0.4, -0.2) is 30.2 Å². The molecule has 1 heterocycles. The van der Waals surface area contributed by atoms with E-state index in [1.807, 2.05) is 0 Å². The van der Waals surface area contributed by atoms with E-state index in [4.69, 9.17) is 9.47 Å². The number of aliphatic hydroxyl groups excluding tert-OH is 1. The van der Waals surface area contributed by atoms with Gasteiger partial charge in [-0.1, -0.05) is 13.8 Å². The standard InChI is InChI=1S/C21H34O3/c1-19-8-5-15(22)13-14(19)3-4-16-17(19)6-9-20(2)18(16)7-10-21(20)23-11-12-24-21/h14-18,22H,3-13H2,1-2H3/t14-,15-,16-,17+,18+,19-,20+/m0/s1. The first kappa shape index (κ1) is 16.1. The SMILES string of the molecule is C[C@]12CC[C@H](O)C[C@@H]1CC[C@H]1[C@H]2CC[C@]2(C)[C@@H]1CCC21OCCO1. The monoisotopic (exact) mass is 334 g/mol. The third-order valence-corrected chi connectivity index (χ3v) is 9.44. The fourth-order valence-electron chi connectivity index (χ4n) is 8.12. The van der Waals surface area contributed by atoms with Gasteiger partial charge in [0.05, 0.1) is 19.3 Å². The summed E-state index contributed by atoms with van der Waals surface area (Å²) >= 11 is 0. The van der Waals surface area contributed by atoms with E-state index in [-0.39, 0.29) is 17.3 Å². The van der Waals surface area contributed by atoms with Crippen molar-refractivity contribution in [1.29, 1.82) is 0 Å². The molecule has 3 nitrogen and oxygen atoms in total. The summed E-state index contributed by atoms with van der Waals surface area (Å²) in [7, 11) is 0.